The van der Waals surface area contributed by atoms with E-state index in [-0.39, 0.29) is 23.8 Å². The molecule has 1 unspecified atom stereocenters. The Morgan fingerprint density at radius 3 is 2.83 bits per heavy atom. The fraction of sp³-hybridized carbons (Fsp3) is 0.565. The second-order valence-electron chi connectivity index (χ2n) is 8.87. The van der Waals surface area contributed by atoms with Gasteiger partial charge in [0, 0.05) is 24.7 Å². The zero-order chi connectivity index (χ0) is 20.8. The zero-order valence-electron chi connectivity index (χ0n) is 17.7. The van der Waals surface area contributed by atoms with Crippen molar-refractivity contribution in [2.24, 2.45) is 16.8 Å². The Labute approximate surface area is 172 Å². The molecule has 5 atom stereocenters. The number of hydrogen-bond donors (Lipinski definition) is 0. The summed E-state index contributed by atoms with van der Waals surface area (Å²) in [4.78, 5) is 17.0. The largest absolute Gasteiger partial charge is 0.861 e. The SMILES string of the molecule is CC[C@H]1C[N+]2(C)CC[C@]3(C([O-])=Nc4ccccc43)[C@H]2C[C@@H]1/C(=C\OC)C(=O)OC. The van der Waals surface area contributed by atoms with E-state index in [1.807, 2.05) is 18.2 Å². The van der Waals surface area contributed by atoms with Crippen LogP contribution in [0.25, 0.3) is 0 Å². The molecule has 0 aliphatic carbocycles. The Hall–Kier alpha value is -2.34. The summed E-state index contributed by atoms with van der Waals surface area (Å²) in [6, 6.07) is 8.01. The Morgan fingerprint density at radius 2 is 2.14 bits per heavy atom. The number of piperidine rings is 1. The number of ether oxygens (including phenoxy) is 2. The van der Waals surface area contributed by atoms with E-state index >= 15 is 0 Å². The van der Waals surface area contributed by atoms with Crippen molar-refractivity contribution >= 4 is 17.6 Å². The molecule has 0 aromatic heterocycles. The van der Waals surface area contributed by atoms with Crippen molar-refractivity contribution in [2.75, 3.05) is 34.4 Å². The molecule has 2 saturated heterocycles. The smallest absolute Gasteiger partial charge is 0.337 e. The highest BCUT2D eigenvalue weighted by atomic mass is 16.5. The number of methoxy groups -OCH3 is 2. The van der Waals surface area contributed by atoms with Crippen LogP contribution in [0.5, 0.6) is 0 Å². The molecule has 3 aliphatic rings. The van der Waals surface area contributed by atoms with Crippen molar-refractivity contribution in [3.8, 4) is 0 Å². The first kappa shape index (κ1) is 20.0. The van der Waals surface area contributed by atoms with E-state index in [1.54, 1.807) is 7.11 Å². The predicted octanol–water partition coefficient (Wildman–Crippen LogP) is 2.30. The number of aliphatic imine (C=N–C) groups is 1. The third-order valence-corrected chi connectivity index (χ3v) is 7.61. The Balaban J connectivity index is 1.79. The maximum Gasteiger partial charge on any atom is 0.337 e. The minimum atomic E-state index is -0.587. The molecule has 3 heterocycles. The van der Waals surface area contributed by atoms with Crippen LogP contribution >= 0.6 is 0 Å². The fourth-order valence-electron chi connectivity index (χ4n) is 6.22. The van der Waals surface area contributed by atoms with Gasteiger partial charge in [0.1, 0.15) is 6.04 Å². The maximum absolute atomic E-state index is 13.3. The number of hydrogen-bond acceptors (Lipinski definition) is 5. The predicted molar refractivity (Wildman–Crippen MR) is 109 cm³/mol. The van der Waals surface area contributed by atoms with Crippen molar-refractivity contribution < 1.29 is 23.9 Å². The number of likely N-dealkylation sites (N-methyl/N-ethyl adjacent to an activating group) is 1. The van der Waals surface area contributed by atoms with Crippen LogP contribution in [0.1, 0.15) is 31.7 Å². The molecular weight excluding hydrogens is 368 g/mol. The summed E-state index contributed by atoms with van der Waals surface area (Å²) in [6.45, 7) is 4.05. The first-order chi connectivity index (χ1) is 13.9. The summed E-state index contributed by atoms with van der Waals surface area (Å²) in [5.74, 6) is -0.0365. The van der Waals surface area contributed by atoms with Gasteiger partial charge < -0.3 is 19.1 Å². The van der Waals surface area contributed by atoms with Crippen molar-refractivity contribution in [3.05, 3.63) is 41.7 Å². The zero-order valence-corrected chi connectivity index (χ0v) is 17.7. The van der Waals surface area contributed by atoms with Crippen LogP contribution < -0.4 is 5.11 Å². The summed E-state index contributed by atoms with van der Waals surface area (Å²) in [5.41, 5.74) is 1.85. The molecule has 1 aromatic rings. The van der Waals surface area contributed by atoms with Crippen molar-refractivity contribution in [3.63, 3.8) is 0 Å². The van der Waals surface area contributed by atoms with Gasteiger partial charge in [-0.1, -0.05) is 25.1 Å². The van der Waals surface area contributed by atoms with Gasteiger partial charge in [-0.25, -0.2) is 4.79 Å². The van der Waals surface area contributed by atoms with Gasteiger partial charge in [0.25, 0.3) is 0 Å². The Morgan fingerprint density at radius 1 is 1.38 bits per heavy atom. The molecule has 1 spiro atoms. The topological polar surface area (TPSA) is 71.0 Å². The standard InChI is InChI=1S/C23H30N2O4/c1-5-15-13-25(2)11-10-23(18-8-6-7-9-19(18)24-22(23)27)20(25)12-16(15)17(14-28-3)21(26)29-4/h6-9,14-16,20H,5,10-13H2,1-4H3/b17-14+/t15-,16-,20+,23+,25?/m0/s1. The number of carbonyl (C=O) groups excluding carboxylic acids is 1. The number of benzene rings is 1. The van der Waals surface area contributed by atoms with Gasteiger partial charge in [-0.15, -0.1) is 0 Å². The first-order valence-corrected chi connectivity index (χ1v) is 10.4. The van der Waals surface area contributed by atoms with E-state index in [0.29, 0.717) is 11.5 Å². The highest BCUT2D eigenvalue weighted by molar-refractivity contribution is 5.94. The number of rotatable bonds is 4. The van der Waals surface area contributed by atoms with Crippen molar-refractivity contribution in [2.45, 2.75) is 37.6 Å². The van der Waals surface area contributed by atoms with Gasteiger partial charge in [0.05, 0.1) is 57.3 Å². The summed E-state index contributed by atoms with van der Waals surface area (Å²) >= 11 is 0. The minimum Gasteiger partial charge on any atom is -0.861 e. The third kappa shape index (κ3) is 2.80. The number of esters is 1. The minimum absolute atomic E-state index is 0.000799. The lowest BCUT2D eigenvalue weighted by Gasteiger charge is -2.51. The summed E-state index contributed by atoms with van der Waals surface area (Å²) < 4.78 is 11.2. The van der Waals surface area contributed by atoms with Crippen LogP contribution in [0.15, 0.2) is 41.1 Å². The van der Waals surface area contributed by atoms with Crippen LogP contribution in [0, 0.1) is 11.8 Å². The number of nitrogens with zero attached hydrogens (tertiary/aromatic N) is 2. The normalized spacial score (nSPS) is 35.8. The molecule has 2 fully saturated rings. The maximum atomic E-state index is 13.3. The third-order valence-electron chi connectivity index (χ3n) is 7.61. The fourth-order valence-corrected chi connectivity index (χ4v) is 6.22. The molecular formula is C23H30N2O4. The van der Waals surface area contributed by atoms with E-state index < -0.39 is 5.41 Å². The van der Waals surface area contributed by atoms with Crippen molar-refractivity contribution in [1.82, 2.24) is 0 Å². The molecule has 1 aromatic carbocycles. The van der Waals surface area contributed by atoms with Crippen LogP contribution in [-0.4, -0.2) is 56.7 Å². The quantitative estimate of drug-likeness (QED) is 0.338. The van der Waals surface area contributed by atoms with Gasteiger partial charge in [0.2, 0.25) is 0 Å². The highest BCUT2D eigenvalue weighted by Crippen LogP contribution is 2.55. The van der Waals surface area contributed by atoms with Gasteiger partial charge in [-0.3, -0.25) is 4.99 Å². The molecule has 6 heteroatoms. The molecule has 156 valence electrons. The van der Waals surface area contributed by atoms with Gasteiger partial charge >= 0.3 is 5.97 Å². The van der Waals surface area contributed by atoms with Crippen LogP contribution in [0.2, 0.25) is 0 Å². The van der Waals surface area contributed by atoms with Crippen LogP contribution in [0.4, 0.5) is 5.69 Å². The van der Waals surface area contributed by atoms with E-state index in [2.05, 4.69) is 25.0 Å². The van der Waals surface area contributed by atoms with Gasteiger partial charge in [-0.2, -0.15) is 0 Å². The van der Waals surface area contributed by atoms with Gasteiger partial charge in [0.15, 0.2) is 0 Å². The number of quaternary nitrogens is 1. The molecule has 29 heavy (non-hydrogen) atoms. The summed E-state index contributed by atoms with van der Waals surface area (Å²) in [5, 5.41) is 13.3. The van der Waals surface area contributed by atoms with E-state index in [1.165, 1.54) is 13.4 Å². The second kappa shape index (κ2) is 7.17. The number of para-hydroxylation sites is 1. The van der Waals surface area contributed by atoms with Gasteiger partial charge in [-0.05, 0) is 23.9 Å². The average Bonchev–Trinajstić information content (AvgIpc) is 3.19. The summed E-state index contributed by atoms with van der Waals surface area (Å²) in [6.07, 6.45) is 4.05. The number of fused-ring (bicyclic) bond motifs is 4. The molecule has 6 nitrogen and oxygen atoms in total. The van der Waals surface area contributed by atoms with E-state index in [4.69, 9.17) is 9.47 Å². The molecule has 0 bridgehead atoms. The van der Waals surface area contributed by atoms with Crippen LogP contribution in [-0.2, 0) is 19.7 Å². The van der Waals surface area contributed by atoms with E-state index in [9.17, 15) is 9.90 Å². The Kier molecular flexibility index (Phi) is 4.93. The molecule has 4 rings (SSSR count). The first-order valence-electron chi connectivity index (χ1n) is 10.4. The lowest BCUT2D eigenvalue weighted by molar-refractivity contribution is -0.932. The number of carbonyl (C=O) groups is 1. The van der Waals surface area contributed by atoms with Crippen LogP contribution in [0.3, 0.4) is 0 Å². The molecule has 0 N–H and O–H groups in total. The lowest BCUT2D eigenvalue weighted by atomic mass is 9.66. The lowest BCUT2D eigenvalue weighted by Crippen LogP contribution is -2.63. The van der Waals surface area contributed by atoms with Crippen molar-refractivity contribution in [1.29, 1.82) is 0 Å². The Bertz CT molecular complexity index is 879. The molecule has 3 aliphatic heterocycles. The summed E-state index contributed by atoms with van der Waals surface area (Å²) in [7, 11) is 5.23. The second-order valence-corrected chi connectivity index (χ2v) is 8.87. The average molecular weight is 399 g/mol. The molecule has 0 radical (unpaired) electrons. The molecule has 0 saturated carbocycles. The van der Waals surface area contributed by atoms with E-state index in [0.717, 1.165) is 48.1 Å². The highest BCUT2D eigenvalue weighted by Gasteiger charge is 2.63. The molecule has 0 amide bonds. The monoisotopic (exact) mass is 398 g/mol.